The standard InChI is InChI=1S/C28H39F2N3O8/c1-5-17(2)8-7-11-40-28(38)32-22(14-19-12-20(29)15-21(30)13-19)25(35)31-23(26(36)39-4)16-41-27(37)24-9-6-10-33(24)18(3)34/h12-13,15,17,22-24H,5-11,14,16H2,1-4H3,(H,31,35)(H,32,38)/t17?,22-,23-,24?/m0/s1. The van der Waals surface area contributed by atoms with Gasteiger partial charge in [-0.1, -0.05) is 20.3 Å². The Morgan fingerprint density at radius 1 is 1.05 bits per heavy atom. The number of likely N-dealkylation sites (tertiary alicyclic amines) is 1. The lowest BCUT2D eigenvalue weighted by atomic mass is 10.0. The van der Waals surface area contributed by atoms with Crippen molar-refractivity contribution in [2.75, 3.05) is 26.9 Å². The minimum atomic E-state index is -1.47. The second kappa shape index (κ2) is 16.5. The van der Waals surface area contributed by atoms with Crippen molar-refractivity contribution >= 4 is 29.8 Å². The van der Waals surface area contributed by atoms with E-state index < -0.39 is 60.3 Å². The van der Waals surface area contributed by atoms with Crippen LogP contribution in [-0.4, -0.2) is 79.7 Å². The van der Waals surface area contributed by atoms with Crippen LogP contribution in [0.2, 0.25) is 0 Å². The third-order valence-corrected chi connectivity index (χ3v) is 6.87. The lowest BCUT2D eigenvalue weighted by Crippen LogP contribution is -2.54. The molecule has 0 radical (unpaired) electrons. The molecule has 0 spiro atoms. The first-order chi connectivity index (χ1) is 19.4. The van der Waals surface area contributed by atoms with Crippen LogP contribution in [0.25, 0.3) is 0 Å². The van der Waals surface area contributed by atoms with E-state index in [4.69, 9.17) is 14.2 Å². The number of hydrogen-bond donors (Lipinski definition) is 2. The van der Waals surface area contributed by atoms with Gasteiger partial charge in [0.1, 0.15) is 30.3 Å². The fraction of sp³-hybridized carbons (Fsp3) is 0.607. The van der Waals surface area contributed by atoms with Crippen LogP contribution in [-0.2, 0) is 39.8 Å². The van der Waals surface area contributed by atoms with E-state index in [0.717, 1.165) is 32.1 Å². The zero-order chi connectivity index (χ0) is 30.5. The van der Waals surface area contributed by atoms with Gasteiger partial charge in [0.15, 0.2) is 6.04 Å². The topological polar surface area (TPSA) is 140 Å². The van der Waals surface area contributed by atoms with E-state index in [1.54, 1.807) is 0 Å². The van der Waals surface area contributed by atoms with Gasteiger partial charge in [-0.3, -0.25) is 9.59 Å². The van der Waals surface area contributed by atoms with Crippen molar-refractivity contribution < 1.29 is 47.0 Å². The van der Waals surface area contributed by atoms with E-state index in [9.17, 15) is 32.8 Å². The fourth-order valence-corrected chi connectivity index (χ4v) is 4.39. The van der Waals surface area contributed by atoms with Gasteiger partial charge in [0, 0.05) is 26.0 Å². The molecule has 0 aliphatic carbocycles. The van der Waals surface area contributed by atoms with E-state index in [0.29, 0.717) is 37.8 Å². The predicted octanol–water partition coefficient (Wildman–Crippen LogP) is 2.64. The van der Waals surface area contributed by atoms with Gasteiger partial charge in [-0.05, 0) is 49.3 Å². The van der Waals surface area contributed by atoms with Gasteiger partial charge in [0.05, 0.1) is 13.7 Å². The van der Waals surface area contributed by atoms with Gasteiger partial charge in [-0.2, -0.15) is 0 Å². The highest BCUT2D eigenvalue weighted by Crippen LogP contribution is 2.19. The van der Waals surface area contributed by atoms with Gasteiger partial charge in [0.2, 0.25) is 11.8 Å². The number of nitrogens with one attached hydrogen (secondary N) is 2. The second-order valence-electron chi connectivity index (χ2n) is 10.1. The second-order valence-corrected chi connectivity index (χ2v) is 10.1. The number of esters is 2. The van der Waals surface area contributed by atoms with Crippen LogP contribution in [0, 0.1) is 17.6 Å². The zero-order valence-electron chi connectivity index (χ0n) is 23.9. The zero-order valence-corrected chi connectivity index (χ0v) is 23.9. The van der Waals surface area contributed by atoms with Crippen LogP contribution in [0.15, 0.2) is 18.2 Å². The molecule has 2 unspecified atom stereocenters. The summed E-state index contributed by atoms with van der Waals surface area (Å²) in [6.07, 6.45) is 2.14. The van der Waals surface area contributed by atoms with Crippen molar-refractivity contribution in [1.82, 2.24) is 15.5 Å². The Morgan fingerprint density at radius 2 is 1.73 bits per heavy atom. The Morgan fingerprint density at radius 3 is 2.34 bits per heavy atom. The summed E-state index contributed by atoms with van der Waals surface area (Å²) in [5.41, 5.74) is 0.0614. The molecular weight excluding hydrogens is 544 g/mol. The number of hydrogen-bond acceptors (Lipinski definition) is 8. The summed E-state index contributed by atoms with van der Waals surface area (Å²) < 4.78 is 42.7. The smallest absolute Gasteiger partial charge is 0.407 e. The molecule has 0 saturated carbocycles. The van der Waals surface area contributed by atoms with Crippen molar-refractivity contribution in [3.63, 3.8) is 0 Å². The van der Waals surface area contributed by atoms with E-state index in [-0.39, 0.29) is 24.5 Å². The number of carbonyl (C=O) groups is 5. The van der Waals surface area contributed by atoms with Crippen LogP contribution in [0.1, 0.15) is 58.4 Å². The molecule has 4 atom stereocenters. The molecule has 41 heavy (non-hydrogen) atoms. The molecule has 1 fully saturated rings. The number of benzene rings is 1. The lowest BCUT2D eigenvalue weighted by Gasteiger charge is -2.24. The molecule has 1 aromatic rings. The van der Waals surface area contributed by atoms with Crippen LogP contribution < -0.4 is 10.6 Å². The SMILES string of the molecule is CCC(C)CCCOC(=O)N[C@@H](Cc1cc(F)cc(F)c1)C(=O)N[C@@H](COC(=O)C1CCCN1C(C)=O)C(=O)OC. The van der Waals surface area contributed by atoms with E-state index in [1.165, 1.54) is 11.8 Å². The summed E-state index contributed by atoms with van der Waals surface area (Å²) in [5, 5.41) is 4.74. The van der Waals surface area contributed by atoms with Gasteiger partial charge in [-0.15, -0.1) is 0 Å². The summed E-state index contributed by atoms with van der Waals surface area (Å²) in [6, 6.07) is -1.02. The Balaban J connectivity index is 2.11. The van der Waals surface area contributed by atoms with Gasteiger partial charge >= 0.3 is 18.0 Å². The Labute approximate surface area is 238 Å². The summed E-state index contributed by atoms with van der Waals surface area (Å²) in [7, 11) is 1.07. The van der Waals surface area contributed by atoms with Crippen molar-refractivity contribution in [1.29, 1.82) is 0 Å². The Kier molecular flexibility index (Phi) is 13.4. The maximum atomic E-state index is 13.8. The Bertz CT molecular complexity index is 1070. The van der Waals surface area contributed by atoms with E-state index in [1.807, 2.05) is 0 Å². The number of nitrogens with zero attached hydrogens (tertiary/aromatic N) is 1. The highest BCUT2D eigenvalue weighted by molar-refractivity contribution is 5.90. The third-order valence-electron chi connectivity index (χ3n) is 6.87. The molecule has 0 bridgehead atoms. The highest BCUT2D eigenvalue weighted by Gasteiger charge is 2.35. The molecule has 3 amide bonds. The largest absolute Gasteiger partial charge is 0.467 e. The lowest BCUT2D eigenvalue weighted by molar-refractivity contribution is -0.157. The average Bonchev–Trinajstić information content (AvgIpc) is 3.42. The maximum absolute atomic E-state index is 13.8. The number of halogens is 2. The Hall–Kier alpha value is -3.77. The van der Waals surface area contributed by atoms with E-state index in [2.05, 4.69) is 24.5 Å². The van der Waals surface area contributed by atoms with Crippen molar-refractivity contribution in [2.24, 2.45) is 5.92 Å². The summed E-state index contributed by atoms with van der Waals surface area (Å²) in [4.78, 5) is 63.8. The first kappa shape index (κ1) is 33.4. The molecule has 1 heterocycles. The van der Waals surface area contributed by atoms with Gasteiger partial charge in [0.25, 0.3) is 0 Å². The summed E-state index contributed by atoms with van der Waals surface area (Å²) >= 11 is 0. The number of amides is 3. The molecule has 2 N–H and O–H groups in total. The summed E-state index contributed by atoms with van der Waals surface area (Å²) in [6.45, 7) is 5.33. The molecule has 13 heteroatoms. The number of alkyl carbamates (subject to hydrolysis) is 1. The van der Waals surface area contributed by atoms with E-state index >= 15 is 0 Å². The molecule has 2 rings (SSSR count). The number of ether oxygens (including phenoxy) is 3. The average molecular weight is 584 g/mol. The van der Waals surface area contributed by atoms with Crippen LogP contribution >= 0.6 is 0 Å². The number of carbonyl (C=O) groups excluding carboxylic acids is 5. The van der Waals surface area contributed by atoms with Crippen molar-refractivity contribution in [3.8, 4) is 0 Å². The molecule has 1 aromatic carbocycles. The van der Waals surface area contributed by atoms with Crippen molar-refractivity contribution in [3.05, 3.63) is 35.4 Å². The summed E-state index contributed by atoms with van der Waals surface area (Å²) in [5.74, 6) is -4.20. The fourth-order valence-electron chi connectivity index (χ4n) is 4.39. The molecule has 1 aliphatic rings. The monoisotopic (exact) mass is 583 g/mol. The number of rotatable bonds is 14. The van der Waals surface area contributed by atoms with Crippen LogP contribution in [0.3, 0.4) is 0 Å². The normalized spacial score (nSPS) is 16.7. The quantitative estimate of drug-likeness (QED) is 0.194. The molecular formula is C28H39F2N3O8. The molecule has 11 nitrogen and oxygen atoms in total. The minimum Gasteiger partial charge on any atom is -0.467 e. The molecule has 228 valence electrons. The third kappa shape index (κ3) is 11.0. The molecule has 1 saturated heterocycles. The maximum Gasteiger partial charge on any atom is 0.407 e. The highest BCUT2D eigenvalue weighted by atomic mass is 19.1. The number of methoxy groups -OCH3 is 1. The van der Waals surface area contributed by atoms with Crippen molar-refractivity contribution in [2.45, 2.75) is 77.4 Å². The van der Waals surface area contributed by atoms with Crippen LogP contribution in [0.4, 0.5) is 13.6 Å². The van der Waals surface area contributed by atoms with Crippen LogP contribution in [0.5, 0.6) is 0 Å². The minimum absolute atomic E-state index is 0.0614. The molecule has 1 aliphatic heterocycles. The predicted molar refractivity (Wildman–Crippen MR) is 142 cm³/mol. The first-order valence-electron chi connectivity index (χ1n) is 13.6. The first-order valence-corrected chi connectivity index (χ1v) is 13.6. The van der Waals surface area contributed by atoms with Gasteiger partial charge < -0.3 is 29.7 Å². The van der Waals surface area contributed by atoms with Gasteiger partial charge in [-0.25, -0.2) is 23.2 Å². The molecule has 0 aromatic heterocycles.